The van der Waals surface area contributed by atoms with Crippen LogP contribution in [0.2, 0.25) is 0 Å². The summed E-state index contributed by atoms with van der Waals surface area (Å²) < 4.78 is 17.9. The maximum absolute atomic E-state index is 14.7. The van der Waals surface area contributed by atoms with Crippen LogP contribution in [-0.4, -0.2) is 129 Å². The van der Waals surface area contributed by atoms with Crippen LogP contribution in [0.4, 0.5) is 0 Å². The normalized spacial score (nSPS) is 28.2. The molecule has 0 spiro atoms. The Morgan fingerprint density at radius 2 is 1.74 bits per heavy atom. The Morgan fingerprint density at radius 3 is 2.43 bits per heavy atom. The third-order valence-corrected chi connectivity index (χ3v) is 12.6. The van der Waals surface area contributed by atoms with E-state index in [1.54, 1.807) is 28.1 Å². The standard InChI is InChI=1S/C45H66N6O10/c1-7-14-34(41(54)43(56)46-25-38(53)49-40(44(57)50(4)5)33-18-12-11-15-27(33)2)47-42(55)35-23-32-26-51(35)45(58)39(29-16-9-8-10-17-29)48-37(52)22-30-21-31(59-6)24-36(28(30)3)61-20-13-19-60-32/h11-12,15,18,21,24,27-30,32-35,39-40H,7-10,13-14,16-17,19-20,22-23,25-26H2,1-6H3,(H,46,56)(H,47,55)(H,48,52)(H,49,53)/t27?,28?,30?,32-,33?,34?,35+,39+,40+/m1/s1. The Morgan fingerprint density at radius 1 is 1.00 bits per heavy atom. The Balaban J connectivity index is 1.29. The summed E-state index contributed by atoms with van der Waals surface area (Å²) in [7, 11) is 4.75. The zero-order valence-electron chi connectivity index (χ0n) is 36.6. The fraction of sp³-hybridized carbons (Fsp3) is 0.667. The second kappa shape index (κ2) is 22.2. The Kier molecular flexibility index (Phi) is 17.1. The molecule has 3 aliphatic carbocycles. The topological polar surface area (TPSA) is 202 Å². The highest BCUT2D eigenvalue weighted by Crippen LogP contribution is 2.34. The van der Waals surface area contributed by atoms with Crippen LogP contribution in [0, 0.1) is 29.6 Å². The minimum Gasteiger partial charge on any atom is -0.497 e. The van der Waals surface area contributed by atoms with E-state index in [1.165, 1.54) is 9.80 Å². The monoisotopic (exact) mass is 850 g/mol. The van der Waals surface area contributed by atoms with Crippen molar-refractivity contribution in [2.75, 3.05) is 47.5 Å². The van der Waals surface area contributed by atoms with Gasteiger partial charge in [0.25, 0.3) is 5.91 Å². The minimum absolute atomic E-state index is 0.0396. The molecule has 2 heterocycles. The van der Waals surface area contributed by atoms with E-state index in [0.717, 1.165) is 32.1 Å². The zero-order valence-corrected chi connectivity index (χ0v) is 36.6. The second-order valence-corrected chi connectivity index (χ2v) is 17.2. The summed E-state index contributed by atoms with van der Waals surface area (Å²) in [6, 6.07) is -4.06. The van der Waals surface area contributed by atoms with Crippen molar-refractivity contribution in [3.05, 3.63) is 48.0 Å². The fourth-order valence-electron chi connectivity index (χ4n) is 9.01. The summed E-state index contributed by atoms with van der Waals surface area (Å²) in [6.07, 6.45) is 16.4. The average molecular weight is 851 g/mol. The molecule has 2 aliphatic heterocycles. The average Bonchev–Trinajstić information content (AvgIpc) is 3.68. The van der Waals surface area contributed by atoms with Crippen LogP contribution in [-0.2, 0) is 47.8 Å². The highest BCUT2D eigenvalue weighted by atomic mass is 16.5. The van der Waals surface area contributed by atoms with Crippen molar-refractivity contribution in [3.63, 3.8) is 0 Å². The van der Waals surface area contributed by atoms with Crippen LogP contribution in [0.15, 0.2) is 48.0 Å². The SMILES string of the molecule is CCCC(NC(=O)[C@@H]1C[C@@H]2CN1C(=O)[C@H](C1CCCCC1)NC(=O)CC1C=C(OC)C=C(OCCCO2)C1C)C(=O)C(=O)NCC(=O)N[C@H](C(=O)N(C)C)C1C=CC=CC1C. The number of hydrogen-bond acceptors (Lipinski definition) is 10. The number of hydrogen-bond donors (Lipinski definition) is 4. The predicted molar refractivity (Wildman–Crippen MR) is 226 cm³/mol. The number of methoxy groups -OCH3 is 1. The molecular formula is C45H66N6O10. The molecule has 0 radical (unpaired) electrons. The highest BCUT2D eigenvalue weighted by Gasteiger charge is 2.46. The van der Waals surface area contributed by atoms with E-state index in [2.05, 4.69) is 21.3 Å². The first-order chi connectivity index (χ1) is 29.2. The van der Waals surface area contributed by atoms with Gasteiger partial charge in [-0.1, -0.05) is 70.8 Å². The van der Waals surface area contributed by atoms with Crippen molar-refractivity contribution in [2.45, 2.75) is 115 Å². The molecule has 5 aliphatic rings. The lowest BCUT2D eigenvalue weighted by molar-refractivity contribution is -0.144. The minimum atomic E-state index is -1.24. The van der Waals surface area contributed by atoms with Gasteiger partial charge in [0.15, 0.2) is 0 Å². The third kappa shape index (κ3) is 12.3. The molecule has 0 aromatic rings. The molecular weight excluding hydrogens is 785 g/mol. The molecule has 5 rings (SSSR count). The van der Waals surface area contributed by atoms with Gasteiger partial charge < -0.3 is 45.3 Å². The van der Waals surface area contributed by atoms with Crippen LogP contribution in [0.3, 0.4) is 0 Å². The van der Waals surface area contributed by atoms with E-state index in [-0.39, 0.29) is 73.1 Å². The summed E-state index contributed by atoms with van der Waals surface area (Å²) >= 11 is 0. The van der Waals surface area contributed by atoms with Crippen LogP contribution < -0.4 is 21.3 Å². The summed E-state index contributed by atoms with van der Waals surface area (Å²) in [5.41, 5.74) is 0. The number of carbonyl (C=O) groups is 7. The molecule has 0 aromatic carbocycles. The van der Waals surface area contributed by atoms with Crippen molar-refractivity contribution in [3.8, 4) is 0 Å². The van der Waals surface area contributed by atoms with Gasteiger partial charge in [-0.25, -0.2) is 0 Å². The number of ketones is 1. The van der Waals surface area contributed by atoms with Gasteiger partial charge >= 0.3 is 0 Å². The molecule has 6 amide bonds. The number of rotatable bonds is 13. The lowest BCUT2D eigenvalue weighted by Crippen LogP contribution is -2.58. The lowest BCUT2D eigenvalue weighted by atomic mass is 9.82. The molecule has 336 valence electrons. The van der Waals surface area contributed by atoms with E-state index in [9.17, 15) is 33.6 Å². The van der Waals surface area contributed by atoms with Gasteiger partial charge in [0, 0.05) is 57.8 Å². The zero-order chi connectivity index (χ0) is 44.2. The van der Waals surface area contributed by atoms with Crippen molar-refractivity contribution in [2.24, 2.45) is 29.6 Å². The maximum atomic E-state index is 14.7. The first-order valence-electron chi connectivity index (χ1n) is 22.0. The van der Waals surface area contributed by atoms with Crippen molar-refractivity contribution >= 4 is 41.2 Å². The lowest BCUT2D eigenvalue weighted by Gasteiger charge is -2.35. The summed E-state index contributed by atoms with van der Waals surface area (Å²) in [6.45, 7) is 5.94. The number of carbonyl (C=O) groups excluding carboxylic acids is 7. The van der Waals surface area contributed by atoms with Gasteiger partial charge in [-0.3, -0.25) is 33.6 Å². The van der Waals surface area contributed by atoms with Gasteiger partial charge in [0.2, 0.25) is 35.3 Å². The Bertz CT molecular complexity index is 1750. The van der Waals surface area contributed by atoms with Crippen LogP contribution in [0.5, 0.6) is 0 Å². The smallest absolute Gasteiger partial charge is 0.290 e. The van der Waals surface area contributed by atoms with Gasteiger partial charge in [0.1, 0.15) is 29.6 Å². The first kappa shape index (κ1) is 47.1. The van der Waals surface area contributed by atoms with E-state index >= 15 is 0 Å². The second-order valence-electron chi connectivity index (χ2n) is 17.2. The number of fused-ring (bicyclic) bond motifs is 4. The Hall–Kier alpha value is -4.99. The number of amides is 6. The van der Waals surface area contributed by atoms with Crippen molar-refractivity contribution in [1.29, 1.82) is 0 Å². The van der Waals surface area contributed by atoms with E-state index in [4.69, 9.17) is 14.2 Å². The molecule has 5 unspecified atom stereocenters. The molecule has 9 atom stereocenters. The van der Waals surface area contributed by atoms with E-state index in [1.807, 2.05) is 50.3 Å². The molecule has 16 nitrogen and oxygen atoms in total. The molecule has 2 saturated heterocycles. The quantitative estimate of drug-likeness (QED) is 0.200. The number of likely N-dealkylation sites (N-methyl/N-ethyl adjacent to an activating group) is 1. The van der Waals surface area contributed by atoms with Gasteiger partial charge in [-0.05, 0) is 43.1 Å². The molecule has 4 bridgehead atoms. The number of allylic oxidation sites excluding steroid dienone is 6. The summed E-state index contributed by atoms with van der Waals surface area (Å²) in [5.74, 6) is -3.79. The van der Waals surface area contributed by atoms with Crippen molar-refractivity contribution in [1.82, 2.24) is 31.1 Å². The summed E-state index contributed by atoms with van der Waals surface area (Å²) in [4.78, 5) is 98.7. The molecule has 16 heteroatoms. The number of ether oxygens (including phenoxy) is 3. The van der Waals surface area contributed by atoms with Gasteiger partial charge in [-0.15, -0.1) is 0 Å². The molecule has 61 heavy (non-hydrogen) atoms. The van der Waals surface area contributed by atoms with Crippen molar-refractivity contribution < 1.29 is 47.8 Å². The number of Topliss-reactive ketones (excluding diaryl/α,β-unsaturated/α-hetero) is 1. The van der Waals surface area contributed by atoms with Crippen LogP contribution in [0.25, 0.3) is 0 Å². The maximum Gasteiger partial charge on any atom is 0.290 e. The third-order valence-electron chi connectivity index (χ3n) is 12.6. The molecule has 1 saturated carbocycles. The van der Waals surface area contributed by atoms with E-state index in [0.29, 0.717) is 37.6 Å². The molecule has 0 aromatic heterocycles. The van der Waals surface area contributed by atoms with Crippen LogP contribution >= 0.6 is 0 Å². The summed E-state index contributed by atoms with van der Waals surface area (Å²) in [5, 5.41) is 10.9. The van der Waals surface area contributed by atoms with E-state index < -0.39 is 60.3 Å². The number of nitrogens with one attached hydrogen (secondary N) is 4. The first-order valence-corrected chi connectivity index (χ1v) is 22.0. The predicted octanol–water partition coefficient (Wildman–Crippen LogP) is 2.45. The van der Waals surface area contributed by atoms with Crippen LogP contribution in [0.1, 0.15) is 85.0 Å². The molecule has 3 fully saturated rings. The highest BCUT2D eigenvalue weighted by molar-refractivity contribution is 6.38. The Labute approximate surface area is 359 Å². The largest absolute Gasteiger partial charge is 0.497 e. The van der Waals surface area contributed by atoms with Gasteiger partial charge in [0.05, 0.1) is 39.0 Å². The molecule has 4 N–H and O–H groups in total. The fourth-order valence-corrected chi connectivity index (χ4v) is 9.01. The van der Waals surface area contributed by atoms with Gasteiger partial charge in [-0.2, -0.15) is 0 Å². The number of nitrogens with zero attached hydrogens (tertiary/aromatic N) is 2.